The van der Waals surface area contributed by atoms with E-state index in [1.165, 1.54) is 4.90 Å². The van der Waals surface area contributed by atoms with Crippen LogP contribution in [0, 0.1) is 11.8 Å². The first-order valence-electron chi connectivity index (χ1n) is 6.61. The summed E-state index contributed by atoms with van der Waals surface area (Å²) >= 11 is 0. The summed E-state index contributed by atoms with van der Waals surface area (Å²) in [6.07, 6.45) is 4.71. The highest BCUT2D eigenvalue weighted by Crippen LogP contribution is 2.42. The summed E-state index contributed by atoms with van der Waals surface area (Å²) < 4.78 is 1.56. The third-order valence-corrected chi connectivity index (χ3v) is 4.34. The number of hydrogen-bond acceptors (Lipinski definition) is 3. The van der Waals surface area contributed by atoms with Gasteiger partial charge in [-0.1, -0.05) is 6.42 Å². The smallest absolute Gasteiger partial charge is 0.326 e. The molecule has 1 aliphatic heterocycles. The molecule has 2 heterocycles. The van der Waals surface area contributed by atoms with E-state index >= 15 is 0 Å². The maximum Gasteiger partial charge on any atom is 0.326 e. The number of rotatable bonds is 2. The van der Waals surface area contributed by atoms with Gasteiger partial charge in [0.15, 0.2) is 0 Å². The Kier molecular flexibility index (Phi) is 2.80. The normalized spacial score (nSPS) is 29.5. The Balaban J connectivity index is 1.87. The lowest BCUT2D eigenvalue weighted by Gasteiger charge is -2.23. The van der Waals surface area contributed by atoms with E-state index in [2.05, 4.69) is 5.10 Å². The Labute approximate surface area is 111 Å². The summed E-state index contributed by atoms with van der Waals surface area (Å²) in [5, 5.41) is 13.5. The van der Waals surface area contributed by atoms with Crippen molar-refractivity contribution in [1.29, 1.82) is 0 Å². The van der Waals surface area contributed by atoms with Crippen LogP contribution < -0.4 is 0 Å². The van der Waals surface area contributed by atoms with Crippen molar-refractivity contribution < 1.29 is 14.7 Å². The Morgan fingerprint density at radius 1 is 1.42 bits per heavy atom. The van der Waals surface area contributed by atoms with E-state index in [-0.39, 0.29) is 11.8 Å². The van der Waals surface area contributed by atoms with Crippen LogP contribution in [0.4, 0.5) is 0 Å². The summed E-state index contributed by atoms with van der Waals surface area (Å²) in [5.41, 5.74) is 0.328. The molecular formula is C13H17N3O3. The van der Waals surface area contributed by atoms with Crippen LogP contribution in [0.1, 0.15) is 29.8 Å². The van der Waals surface area contributed by atoms with Gasteiger partial charge in [0.25, 0.3) is 5.91 Å². The topological polar surface area (TPSA) is 75.4 Å². The van der Waals surface area contributed by atoms with Gasteiger partial charge in [0.2, 0.25) is 0 Å². The first-order valence-corrected chi connectivity index (χ1v) is 6.61. The van der Waals surface area contributed by atoms with Crippen molar-refractivity contribution in [2.24, 2.45) is 18.9 Å². The standard InChI is InChI=1S/C13H17N3O3/c1-15-6-5-10(14-15)12(17)16-7-8-3-2-4-9(8)11(16)13(18)19/h5-6,8-9,11H,2-4,7H2,1H3,(H,18,19). The molecule has 2 aliphatic rings. The molecule has 2 fully saturated rings. The predicted molar refractivity (Wildman–Crippen MR) is 66.5 cm³/mol. The molecule has 1 aromatic heterocycles. The lowest BCUT2D eigenvalue weighted by atomic mass is 9.94. The molecule has 1 aromatic rings. The molecule has 6 nitrogen and oxygen atoms in total. The minimum atomic E-state index is -0.890. The van der Waals surface area contributed by atoms with Gasteiger partial charge >= 0.3 is 5.97 Å². The van der Waals surface area contributed by atoms with Gasteiger partial charge in [-0.2, -0.15) is 5.10 Å². The zero-order valence-corrected chi connectivity index (χ0v) is 10.8. The van der Waals surface area contributed by atoms with Crippen molar-refractivity contribution in [3.05, 3.63) is 18.0 Å². The van der Waals surface area contributed by atoms with E-state index < -0.39 is 12.0 Å². The zero-order valence-electron chi connectivity index (χ0n) is 10.8. The number of carbonyl (C=O) groups excluding carboxylic acids is 1. The van der Waals surface area contributed by atoms with Crippen LogP contribution in [-0.4, -0.2) is 44.3 Å². The molecule has 0 bridgehead atoms. The number of fused-ring (bicyclic) bond motifs is 1. The van der Waals surface area contributed by atoms with Gasteiger partial charge in [0.1, 0.15) is 11.7 Å². The number of aryl methyl sites for hydroxylation is 1. The second kappa shape index (κ2) is 4.36. The minimum absolute atomic E-state index is 0.116. The maximum atomic E-state index is 12.4. The molecule has 102 valence electrons. The fourth-order valence-electron chi connectivity index (χ4n) is 3.51. The molecule has 1 aliphatic carbocycles. The van der Waals surface area contributed by atoms with Crippen molar-refractivity contribution in [2.45, 2.75) is 25.3 Å². The predicted octanol–water partition coefficient (Wildman–Crippen LogP) is 0.745. The van der Waals surface area contributed by atoms with Crippen LogP contribution in [0.5, 0.6) is 0 Å². The van der Waals surface area contributed by atoms with Crippen molar-refractivity contribution in [3.8, 4) is 0 Å². The summed E-state index contributed by atoms with van der Waals surface area (Å²) in [5.74, 6) is -0.694. The summed E-state index contributed by atoms with van der Waals surface area (Å²) in [7, 11) is 1.74. The number of carbonyl (C=O) groups is 2. The summed E-state index contributed by atoms with van der Waals surface area (Å²) in [6.45, 7) is 0.553. The quantitative estimate of drug-likeness (QED) is 0.854. The SMILES string of the molecule is Cn1ccc(C(=O)N2CC3CCCC3C2C(=O)O)n1. The fraction of sp³-hybridized carbons (Fsp3) is 0.615. The van der Waals surface area contributed by atoms with Crippen molar-refractivity contribution in [2.75, 3.05) is 6.54 Å². The lowest BCUT2D eigenvalue weighted by molar-refractivity contribution is -0.142. The molecule has 0 spiro atoms. The van der Waals surface area contributed by atoms with E-state index in [1.54, 1.807) is 24.0 Å². The number of carboxylic acid groups (broad SMARTS) is 1. The number of amides is 1. The Morgan fingerprint density at radius 2 is 2.21 bits per heavy atom. The van der Waals surface area contributed by atoms with E-state index in [0.717, 1.165) is 19.3 Å². The number of aliphatic carboxylic acids is 1. The van der Waals surface area contributed by atoms with Gasteiger partial charge in [-0.3, -0.25) is 9.48 Å². The first kappa shape index (κ1) is 12.2. The van der Waals surface area contributed by atoms with Crippen LogP contribution in [0.25, 0.3) is 0 Å². The molecule has 3 rings (SSSR count). The number of aromatic nitrogens is 2. The second-order valence-electron chi connectivity index (χ2n) is 5.47. The third-order valence-electron chi connectivity index (χ3n) is 4.34. The number of carboxylic acids is 1. The fourth-order valence-corrected chi connectivity index (χ4v) is 3.51. The minimum Gasteiger partial charge on any atom is -0.480 e. The highest BCUT2D eigenvalue weighted by molar-refractivity contribution is 5.95. The van der Waals surface area contributed by atoms with E-state index in [0.29, 0.717) is 18.2 Å². The molecule has 1 saturated carbocycles. The molecule has 1 amide bonds. The monoisotopic (exact) mass is 263 g/mol. The van der Waals surface area contributed by atoms with Crippen LogP contribution in [0.2, 0.25) is 0 Å². The molecule has 3 atom stereocenters. The highest BCUT2D eigenvalue weighted by atomic mass is 16.4. The van der Waals surface area contributed by atoms with Gasteiger partial charge in [-0.25, -0.2) is 4.79 Å². The van der Waals surface area contributed by atoms with Gasteiger partial charge in [-0.05, 0) is 30.7 Å². The number of likely N-dealkylation sites (tertiary alicyclic amines) is 1. The average molecular weight is 263 g/mol. The summed E-state index contributed by atoms with van der Waals surface area (Å²) in [4.78, 5) is 25.4. The Morgan fingerprint density at radius 3 is 2.84 bits per heavy atom. The molecule has 19 heavy (non-hydrogen) atoms. The molecule has 0 radical (unpaired) electrons. The maximum absolute atomic E-state index is 12.4. The zero-order chi connectivity index (χ0) is 13.6. The largest absolute Gasteiger partial charge is 0.480 e. The molecule has 6 heteroatoms. The van der Waals surface area contributed by atoms with Crippen molar-refractivity contribution >= 4 is 11.9 Å². The molecule has 1 N–H and O–H groups in total. The molecule has 1 saturated heterocycles. The van der Waals surface area contributed by atoms with Crippen molar-refractivity contribution in [1.82, 2.24) is 14.7 Å². The van der Waals surface area contributed by atoms with Crippen LogP contribution in [0.3, 0.4) is 0 Å². The Hall–Kier alpha value is -1.85. The number of hydrogen-bond donors (Lipinski definition) is 1. The second-order valence-corrected chi connectivity index (χ2v) is 5.47. The van der Waals surface area contributed by atoms with Crippen molar-refractivity contribution in [3.63, 3.8) is 0 Å². The number of nitrogens with zero attached hydrogens (tertiary/aromatic N) is 3. The summed E-state index contributed by atoms with van der Waals surface area (Å²) in [6, 6.07) is 0.956. The lowest BCUT2D eigenvalue weighted by Crippen LogP contribution is -2.43. The average Bonchev–Trinajstić information content (AvgIpc) is 3.00. The van der Waals surface area contributed by atoms with Crippen LogP contribution >= 0.6 is 0 Å². The van der Waals surface area contributed by atoms with Gasteiger partial charge in [0.05, 0.1) is 0 Å². The van der Waals surface area contributed by atoms with Gasteiger partial charge < -0.3 is 10.0 Å². The van der Waals surface area contributed by atoms with Crippen LogP contribution in [0.15, 0.2) is 12.3 Å². The van der Waals surface area contributed by atoms with Gasteiger partial charge in [-0.15, -0.1) is 0 Å². The van der Waals surface area contributed by atoms with E-state index in [1.807, 2.05) is 0 Å². The van der Waals surface area contributed by atoms with E-state index in [4.69, 9.17) is 0 Å². The van der Waals surface area contributed by atoms with Gasteiger partial charge in [0, 0.05) is 19.8 Å². The third kappa shape index (κ3) is 1.91. The highest BCUT2D eigenvalue weighted by Gasteiger charge is 2.49. The molecule has 0 aromatic carbocycles. The first-order chi connectivity index (χ1) is 9.08. The van der Waals surface area contributed by atoms with E-state index in [9.17, 15) is 14.7 Å². The van der Waals surface area contributed by atoms with Crippen LogP contribution in [-0.2, 0) is 11.8 Å². The molecule has 3 unspecified atom stereocenters. The molecular weight excluding hydrogens is 246 g/mol. The Bertz CT molecular complexity index is 525.